The second-order valence-electron chi connectivity index (χ2n) is 8.28. The van der Waals surface area contributed by atoms with Gasteiger partial charge in [0.2, 0.25) is 0 Å². The van der Waals surface area contributed by atoms with Crippen LogP contribution in [0.5, 0.6) is 0 Å². The van der Waals surface area contributed by atoms with Crippen LogP contribution in [0.2, 0.25) is 0 Å². The van der Waals surface area contributed by atoms with Gasteiger partial charge in [0.15, 0.2) is 0 Å². The molecule has 4 rings (SSSR count). The maximum absolute atomic E-state index is 12.2. The highest BCUT2D eigenvalue weighted by atomic mass is 16.1. The molecule has 1 saturated heterocycles. The molecule has 0 atom stereocenters. The summed E-state index contributed by atoms with van der Waals surface area (Å²) in [6, 6.07) is 10.5. The Hall–Kier alpha value is -3.06. The molecule has 3 heterocycles. The Morgan fingerprint density at radius 3 is 2.65 bits per heavy atom. The van der Waals surface area contributed by atoms with E-state index in [9.17, 15) is 4.79 Å². The maximum Gasteiger partial charge on any atom is 0.254 e. The number of amides is 1. The summed E-state index contributed by atoms with van der Waals surface area (Å²) in [5.74, 6) is 1.13. The number of benzene rings is 1. The van der Waals surface area contributed by atoms with Gasteiger partial charge < -0.3 is 9.88 Å². The summed E-state index contributed by atoms with van der Waals surface area (Å²) in [7, 11) is 1.65. The number of aromatic nitrogens is 4. The van der Waals surface area contributed by atoms with E-state index in [1.807, 2.05) is 25.5 Å². The molecule has 1 aromatic carbocycles. The number of imidazole rings is 1. The largest absolute Gasteiger partial charge is 0.355 e. The number of hydrogen-bond donors (Lipinski definition) is 1. The summed E-state index contributed by atoms with van der Waals surface area (Å²) in [5.41, 5.74) is 4.00. The molecular weight excluding hydrogens is 388 g/mol. The van der Waals surface area contributed by atoms with Crippen molar-refractivity contribution < 1.29 is 4.79 Å². The Labute approximate surface area is 183 Å². The minimum absolute atomic E-state index is 0.112. The Bertz CT molecular complexity index is 1010. The molecular formula is C24H30N6O. The van der Waals surface area contributed by atoms with Gasteiger partial charge in [-0.2, -0.15) is 0 Å². The number of likely N-dealkylation sites (tertiary alicyclic amines) is 1. The van der Waals surface area contributed by atoms with Gasteiger partial charge in [0.25, 0.3) is 5.91 Å². The van der Waals surface area contributed by atoms with Crippen molar-refractivity contribution in [3.05, 3.63) is 77.4 Å². The summed E-state index contributed by atoms with van der Waals surface area (Å²) < 4.78 is 2.24. The van der Waals surface area contributed by atoms with Gasteiger partial charge in [0.05, 0.1) is 23.3 Å². The van der Waals surface area contributed by atoms with Gasteiger partial charge in [-0.3, -0.25) is 9.69 Å². The van der Waals surface area contributed by atoms with Gasteiger partial charge in [-0.1, -0.05) is 30.3 Å². The van der Waals surface area contributed by atoms with Crippen molar-refractivity contribution in [3.8, 4) is 0 Å². The fourth-order valence-electron chi connectivity index (χ4n) is 4.25. The molecule has 0 aliphatic carbocycles. The lowest BCUT2D eigenvalue weighted by molar-refractivity contribution is 0.0960. The van der Waals surface area contributed by atoms with Crippen molar-refractivity contribution in [2.24, 2.45) is 5.92 Å². The topological polar surface area (TPSA) is 75.9 Å². The number of carbonyl (C=O) groups excluding carboxylic acids is 1. The highest BCUT2D eigenvalue weighted by Crippen LogP contribution is 2.24. The zero-order chi connectivity index (χ0) is 21.6. The van der Waals surface area contributed by atoms with E-state index in [1.54, 1.807) is 13.2 Å². The van der Waals surface area contributed by atoms with E-state index in [2.05, 4.69) is 54.0 Å². The summed E-state index contributed by atoms with van der Waals surface area (Å²) in [6.07, 6.45) is 8.58. The van der Waals surface area contributed by atoms with E-state index >= 15 is 0 Å². The third kappa shape index (κ3) is 5.35. The lowest BCUT2D eigenvalue weighted by atomic mass is 9.90. The van der Waals surface area contributed by atoms with Crippen LogP contribution in [0.25, 0.3) is 0 Å². The molecule has 0 spiro atoms. The van der Waals surface area contributed by atoms with Crippen LogP contribution in [0.15, 0.2) is 49.1 Å². The SMILES string of the molecule is CNC(=O)c1cnc(C)nc1CC1CCN(Cc2cncn2Cc2ccccc2)CC1. The van der Waals surface area contributed by atoms with Gasteiger partial charge in [-0.05, 0) is 50.8 Å². The molecule has 0 saturated carbocycles. The second-order valence-corrected chi connectivity index (χ2v) is 8.28. The quantitative estimate of drug-likeness (QED) is 0.639. The van der Waals surface area contributed by atoms with E-state index in [0.717, 1.165) is 51.1 Å². The van der Waals surface area contributed by atoms with Gasteiger partial charge in [0, 0.05) is 32.5 Å². The summed E-state index contributed by atoms with van der Waals surface area (Å²) >= 11 is 0. The average molecular weight is 419 g/mol. The molecule has 1 aliphatic rings. The van der Waals surface area contributed by atoms with Gasteiger partial charge >= 0.3 is 0 Å². The van der Waals surface area contributed by atoms with Crippen LogP contribution >= 0.6 is 0 Å². The second kappa shape index (κ2) is 9.83. The predicted octanol–water partition coefficient (Wildman–Crippen LogP) is 2.84. The molecule has 3 aromatic rings. The first-order valence-electron chi connectivity index (χ1n) is 10.9. The Morgan fingerprint density at radius 1 is 1.13 bits per heavy atom. The van der Waals surface area contributed by atoms with Gasteiger partial charge in [-0.15, -0.1) is 0 Å². The lowest BCUT2D eigenvalue weighted by Crippen LogP contribution is -2.35. The van der Waals surface area contributed by atoms with Gasteiger partial charge in [0.1, 0.15) is 5.82 Å². The minimum atomic E-state index is -0.112. The number of aryl methyl sites for hydroxylation is 1. The number of piperidine rings is 1. The van der Waals surface area contributed by atoms with E-state index in [0.29, 0.717) is 17.3 Å². The first-order chi connectivity index (χ1) is 15.1. The summed E-state index contributed by atoms with van der Waals surface area (Å²) in [6.45, 7) is 5.72. The number of nitrogens with zero attached hydrogens (tertiary/aromatic N) is 5. The first kappa shape index (κ1) is 21.2. The zero-order valence-corrected chi connectivity index (χ0v) is 18.3. The Kier molecular flexibility index (Phi) is 6.72. The highest BCUT2D eigenvalue weighted by molar-refractivity contribution is 5.94. The fraction of sp³-hybridized carbons (Fsp3) is 0.417. The molecule has 31 heavy (non-hydrogen) atoms. The van der Waals surface area contributed by atoms with Crippen LogP contribution in [-0.2, 0) is 19.5 Å². The number of carbonyl (C=O) groups is 1. The normalized spacial score (nSPS) is 15.2. The minimum Gasteiger partial charge on any atom is -0.355 e. The lowest BCUT2D eigenvalue weighted by Gasteiger charge is -2.32. The molecule has 0 radical (unpaired) electrons. The van der Waals surface area contributed by atoms with Crippen LogP contribution in [0.1, 0.15) is 46.0 Å². The zero-order valence-electron chi connectivity index (χ0n) is 18.3. The molecule has 162 valence electrons. The standard InChI is InChI=1S/C24H30N6O/c1-18-27-14-22(24(31)25-2)23(28-18)12-19-8-10-29(11-9-19)16-21-13-26-17-30(21)15-20-6-4-3-5-7-20/h3-7,13-14,17,19H,8-12,15-16H2,1-2H3,(H,25,31). The molecule has 1 fully saturated rings. The molecule has 7 nitrogen and oxygen atoms in total. The van der Waals surface area contributed by atoms with Crippen molar-refractivity contribution in [1.82, 2.24) is 29.7 Å². The van der Waals surface area contributed by atoms with E-state index in [-0.39, 0.29) is 5.91 Å². The van der Waals surface area contributed by atoms with Crippen LogP contribution in [0.4, 0.5) is 0 Å². The third-order valence-corrected chi connectivity index (χ3v) is 6.03. The number of hydrogen-bond acceptors (Lipinski definition) is 5. The molecule has 1 amide bonds. The fourth-order valence-corrected chi connectivity index (χ4v) is 4.25. The van der Waals surface area contributed by atoms with Crippen molar-refractivity contribution >= 4 is 5.91 Å². The summed E-state index contributed by atoms with van der Waals surface area (Å²) in [4.78, 5) is 27.8. The van der Waals surface area contributed by atoms with Crippen LogP contribution in [0, 0.1) is 12.8 Å². The first-order valence-corrected chi connectivity index (χ1v) is 10.9. The van der Waals surface area contributed by atoms with Crippen molar-refractivity contribution in [2.75, 3.05) is 20.1 Å². The third-order valence-electron chi connectivity index (χ3n) is 6.03. The van der Waals surface area contributed by atoms with Crippen LogP contribution in [0.3, 0.4) is 0 Å². The molecule has 0 bridgehead atoms. The van der Waals surface area contributed by atoms with E-state index in [4.69, 9.17) is 0 Å². The van der Waals surface area contributed by atoms with Crippen molar-refractivity contribution in [2.45, 2.75) is 39.3 Å². The molecule has 0 unspecified atom stereocenters. The van der Waals surface area contributed by atoms with E-state index < -0.39 is 0 Å². The van der Waals surface area contributed by atoms with E-state index in [1.165, 1.54) is 11.3 Å². The average Bonchev–Trinajstić information content (AvgIpc) is 3.22. The predicted molar refractivity (Wildman–Crippen MR) is 120 cm³/mol. The van der Waals surface area contributed by atoms with Gasteiger partial charge in [-0.25, -0.2) is 15.0 Å². The molecule has 7 heteroatoms. The molecule has 1 aliphatic heterocycles. The highest BCUT2D eigenvalue weighted by Gasteiger charge is 2.23. The number of nitrogens with one attached hydrogen (secondary N) is 1. The van der Waals surface area contributed by atoms with Crippen molar-refractivity contribution in [3.63, 3.8) is 0 Å². The van der Waals surface area contributed by atoms with Crippen LogP contribution in [-0.4, -0.2) is 50.5 Å². The Balaban J connectivity index is 1.34. The molecule has 2 aromatic heterocycles. The maximum atomic E-state index is 12.2. The summed E-state index contributed by atoms with van der Waals surface area (Å²) in [5, 5.41) is 2.70. The van der Waals surface area contributed by atoms with Crippen molar-refractivity contribution in [1.29, 1.82) is 0 Å². The Morgan fingerprint density at radius 2 is 1.90 bits per heavy atom. The number of rotatable bonds is 7. The van der Waals surface area contributed by atoms with Crippen LogP contribution < -0.4 is 5.32 Å². The smallest absolute Gasteiger partial charge is 0.254 e. The molecule has 1 N–H and O–H groups in total. The monoisotopic (exact) mass is 418 g/mol.